The molecule has 0 aliphatic carbocycles. The maximum Gasteiger partial charge on any atom is 0.279 e. The lowest BCUT2D eigenvalue weighted by Crippen LogP contribution is -2.87. The average molecular weight is 383 g/mol. The lowest BCUT2D eigenvalue weighted by molar-refractivity contribution is -0.675. The second-order valence-electron chi connectivity index (χ2n) is 5.70. The molecule has 0 fully saturated rings. The van der Waals surface area contributed by atoms with Crippen LogP contribution in [0, 0.1) is 11.3 Å². The minimum Gasteiger partial charge on any atom is -0.328 e. The molecule has 130 valence electrons. The fourth-order valence-corrected chi connectivity index (χ4v) is 3.74. The van der Waals surface area contributed by atoms with E-state index in [0.717, 1.165) is 5.56 Å². The lowest BCUT2D eigenvalue weighted by Gasteiger charge is -2.14. The summed E-state index contributed by atoms with van der Waals surface area (Å²) in [5.74, 6) is -0.122. The molecule has 1 heterocycles. The van der Waals surface area contributed by atoms with Crippen LogP contribution in [0.4, 0.5) is 5.69 Å². The van der Waals surface area contributed by atoms with Gasteiger partial charge in [0, 0.05) is 11.3 Å². The van der Waals surface area contributed by atoms with E-state index < -0.39 is 0 Å². The van der Waals surface area contributed by atoms with Crippen LogP contribution in [0.15, 0.2) is 66.0 Å². The quantitative estimate of drug-likeness (QED) is 0.684. The van der Waals surface area contributed by atoms with Gasteiger partial charge in [0.25, 0.3) is 5.91 Å². The molecule has 0 bridgehead atoms. The molecule has 0 unspecified atom stereocenters. The van der Waals surface area contributed by atoms with Crippen molar-refractivity contribution in [2.24, 2.45) is 0 Å². The highest BCUT2D eigenvalue weighted by Crippen LogP contribution is 2.22. The molecule has 0 saturated carbocycles. The molecular weight excluding hydrogens is 366 g/mol. The van der Waals surface area contributed by atoms with Crippen LogP contribution in [0.3, 0.4) is 0 Å². The zero-order valence-corrected chi connectivity index (χ0v) is 15.4. The van der Waals surface area contributed by atoms with Crippen molar-refractivity contribution in [2.75, 3.05) is 11.9 Å². The largest absolute Gasteiger partial charge is 0.328 e. The SMILES string of the molecule is N#Cc1ccc(NC(=O)C[NH2+][C@H](c2ccccc2)c2cccs2)cc1Cl. The van der Waals surface area contributed by atoms with Gasteiger partial charge < -0.3 is 10.6 Å². The molecule has 0 radical (unpaired) electrons. The summed E-state index contributed by atoms with van der Waals surface area (Å²) in [6.07, 6.45) is 0. The molecule has 3 aromatic rings. The van der Waals surface area contributed by atoms with Crippen LogP contribution in [0.1, 0.15) is 22.0 Å². The number of hydrogen-bond acceptors (Lipinski definition) is 3. The van der Waals surface area contributed by atoms with Crippen LogP contribution in [0.25, 0.3) is 0 Å². The number of nitrogens with two attached hydrogens (primary N) is 1. The van der Waals surface area contributed by atoms with Gasteiger partial charge in [0.15, 0.2) is 6.54 Å². The number of carbonyl (C=O) groups is 1. The van der Waals surface area contributed by atoms with Crippen LogP contribution >= 0.6 is 22.9 Å². The fourth-order valence-electron chi connectivity index (χ4n) is 2.67. The number of hydrogen-bond donors (Lipinski definition) is 2. The molecule has 6 heteroatoms. The molecule has 1 amide bonds. The van der Waals surface area contributed by atoms with Gasteiger partial charge in [-0.15, -0.1) is 11.3 Å². The van der Waals surface area contributed by atoms with Gasteiger partial charge in [-0.2, -0.15) is 5.26 Å². The Morgan fingerprint density at radius 2 is 2.00 bits per heavy atom. The van der Waals surface area contributed by atoms with Crippen LogP contribution in [-0.4, -0.2) is 12.5 Å². The molecule has 0 aliphatic heterocycles. The Morgan fingerprint density at radius 3 is 2.65 bits per heavy atom. The van der Waals surface area contributed by atoms with E-state index >= 15 is 0 Å². The van der Waals surface area contributed by atoms with Crippen molar-refractivity contribution in [3.05, 3.63) is 87.1 Å². The third kappa shape index (κ3) is 4.50. The van der Waals surface area contributed by atoms with E-state index in [4.69, 9.17) is 16.9 Å². The molecule has 1 atom stereocenters. The number of benzene rings is 2. The highest BCUT2D eigenvalue weighted by atomic mass is 35.5. The first-order valence-electron chi connectivity index (χ1n) is 8.08. The van der Waals surface area contributed by atoms with E-state index in [0.29, 0.717) is 16.3 Å². The highest BCUT2D eigenvalue weighted by Gasteiger charge is 2.19. The second kappa shape index (κ2) is 8.63. The van der Waals surface area contributed by atoms with Crippen molar-refractivity contribution in [3.63, 3.8) is 0 Å². The van der Waals surface area contributed by atoms with Crippen molar-refractivity contribution in [1.29, 1.82) is 5.26 Å². The predicted octanol–water partition coefficient (Wildman–Crippen LogP) is 3.56. The number of quaternary nitrogens is 1. The van der Waals surface area contributed by atoms with Crippen molar-refractivity contribution < 1.29 is 10.1 Å². The lowest BCUT2D eigenvalue weighted by atomic mass is 10.1. The van der Waals surface area contributed by atoms with Gasteiger partial charge in [0.05, 0.1) is 15.5 Å². The predicted molar refractivity (Wildman–Crippen MR) is 104 cm³/mol. The van der Waals surface area contributed by atoms with Gasteiger partial charge in [-0.05, 0) is 29.6 Å². The first-order valence-corrected chi connectivity index (χ1v) is 9.34. The molecule has 0 aliphatic rings. The standard InChI is InChI=1S/C20H16ClN3OS/c21-17-11-16(9-8-15(17)12-22)24-19(25)13-23-20(18-7-4-10-26-18)14-5-2-1-3-6-14/h1-11,20,23H,13H2,(H,24,25)/p+1/t20-/m1/s1. The molecular formula is C20H17ClN3OS+. The van der Waals surface area contributed by atoms with Crippen LogP contribution in [0.5, 0.6) is 0 Å². The number of anilines is 1. The first kappa shape index (κ1) is 18.2. The van der Waals surface area contributed by atoms with Gasteiger partial charge >= 0.3 is 0 Å². The van der Waals surface area contributed by atoms with Crippen LogP contribution in [-0.2, 0) is 4.79 Å². The van der Waals surface area contributed by atoms with Crippen molar-refractivity contribution in [2.45, 2.75) is 6.04 Å². The van der Waals surface area contributed by atoms with Gasteiger partial charge in [0.2, 0.25) is 0 Å². The maximum atomic E-state index is 12.3. The van der Waals surface area contributed by atoms with Crippen molar-refractivity contribution >= 4 is 34.5 Å². The third-order valence-corrected chi connectivity index (χ3v) is 5.19. The van der Waals surface area contributed by atoms with E-state index in [9.17, 15) is 4.79 Å². The van der Waals surface area contributed by atoms with Gasteiger partial charge in [0.1, 0.15) is 12.1 Å². The Balaban J connectivity index is 1.67. The minimum absolute atomic E-state index is 0.0755. The Kier molecular flexibility index (Phi) is 6.03. The van der Waals surface area contributed by atoms with E-state index in [1.54, 1.807) is 29.5 Å². The van der Waals surface area contributed by atoms with Gasteiger partial charge in [-0.3, -0.25) is 4.79 Å². The molecule has 0 spiro atoms. The summed E-state index contributed by atoms with van der Waals surface area (Å²) < 4.78 is 0. The average Bonchev–Trinajstić information content (AvgIpc) is 3.17. The smallest absolute Gasteiger partial charge is 0.279 e. The summed E-state index contributed by atoms with van der Waals surface area (Å²) in [6, 6.07) is 21.2. The molecule has 3 rings (SSSR count). The maximum absolute atomic E-state index is 12.3. The number of halogens is 1. The Labute approximate surface area is 161 Å². The van der Waals surface area contributed by atoms with E-state index in [1.807, 2.05) is 41.0 Å². The van der Waals surface area contributed by atoms with E-state index in [2.05, 4.69) is 23.5 Å². The molecule has 4 nitrogen and oxygen atoms in total. The first-order chi connectivity index (χ1) is 12.7. The number of carbonyl (C=O) groups excluding carboxylic acids is 1. The van der Waals surface area contributed by atoms with E-state index in [-0.39, 0.29) is 18.5 Å². The normalized spacial score (nSPS) is 11.5. The summed E-state index contributed by atoms with van der Waals surface area (Å²) in [5.41, 5.74) is 2.13. The fraction of sp³-hybridized carbons (Fsp3) is 0.100. The Bertz CT molecular complexity index is 920. The second-order valence-corrected chi connectivity index (χ2v) is 7.08. The third-order valence-electron chi connectivity index (χ3n) is 3.92. The highest BCUT2D eigenvalue weighted by molar-refractivity contribution is 7.10. The summed E-state index contributed by atoms with van der Waals surface area (Å²) >= 11 is 7.68. The van der Waals surface area contributed by atoms with Crippen LogP contribution in [0.2, 0.25) is 5.02 Å². The zero-order valence-electron chi connectivity index (χ0n) is 13.9. The minimum atomic E-state index is -0.122. The van der Waals surface area contributed by atoms with Crippen molar-refractivity contribution in [1.82, 2.24) is 0 Å². The Morgan fingerprint density at radius 1 is 1.19 bits per heavy atom. The number of nitrogens with zero attached hydrogens (tertiary/aromatic N) is 1. The molecule has 1 aromatic heterocycles. The summed E-state index contributed by atoms with van der Waals surface area (Å²) in [6.45, 7) is 0.273. The molecule has 2 aromatic carbocycles. The number of nitriles is 1. The number of amides is 1. The number of rotatable bonds is 6. The Hall–Kier alpha value is -2.65. The van der Waals surface area contributed by atoms with Crippen molar-refractivity contribution in [3.8, 4) is 6.07 Å². The molecule has 3 N–H and O–H groups in total. The van der Waals surface area contributed by atoms with Crippen LogP contribution < -0.4 is 10.6 Å². The topological polar surface area (TPSA) is 69.5 Å². The summed E-state index contributed by atoms with van der Waals surface area (Å²) in [7, 11) is 0. The van der Waals surface area contributed by atoms with Gasteiger partial charge in [-0.25, -0.2) is 0 Å². The molecule has 0 saturated heterocycles. The molecule has 26 heavy (non-hydrogen) atoms. The van der Waals surface area contributed by atoms with Gasteiger partial charge in [-0.1, -0.05) is 48.0 Å². The zero-order chi connectivity index (χ0) is 18.4. The summed E-state index contributed by atoms with van der Waals surface area (Å²) in [5, 5.41) is 16.1. The summed E-state index contributed by atoms with van der Waals surface area (Å²) in [4.78, 5) is 13.5. The number of nitrogens with one attached hydrogen (secondary N) is 1. The number of thiophene rings is 1. The van der Waals surface area contributed by atoms with E-state index in [1.165, 1.54) is 4.88 Å². The monoisotopic (exact) mass is 382 g/mol.